The average Bonchev–Trinajstić information content (AvgIpc) is 3.54. The zero-order chi connectivity index (χ0) is 21.4. The van der Waals surface area contributed by atoms with Gasteiger partial charge in [-0.25, -0.2) is 0 Å². The molecule has 2 atom stereocenters. The van der Waals surface area contributed by atoms with Crippen LogP contribution in [0.15, 0.2) is 73.3 Å². The van der Waals surface area contributed by atoms with Gasteiger partial charge in [0.1, 0.15) is 5.75 Å². The molecule has 2 saturated carbocycles. The van der Waals surface area contributed by atoms with Crippen LogP contribution in [0.25, 0.3) is 16.7 Å². The van der Waals surface area contributed by atoms with Crippen LogP contribution in [0.3, 0.4) is 0 Å². The van der Waals surface area contributed by atoms with Gasteiger partial charge in [0.25, 0.3) is 0 Å². The van der Waals surface area contributed by atoms with Gasteiger partial charge in [-0.05, 0) is 107 Å². The Morgan fingerprint density at radius 2 is 1.68 bits per heavy atom. The fourth-order valence-electron chi connectivity index (χ4n) is 5.51. The highest BCUT2D eigenvalue weighted by Crippen LogP contribution is 2.47. The summed E-state index contributed by atoms with van der Waals surface area (Å²) in [6.45, 7) is 6.68. The van der Waals surface area contributed by atoms with E-state index in [1.807, 2.05) is 12.1 Å². The summed E-state index contributed by atoms with van der Waals surface area (Å²) in [5, 5.41) is 9.84. The van der Waals surface area contributed by atoms with E-state index in [-0.39, 0.29) is 0 Å². The van der Waals surface area contributed by atoms with Gasteiger partial charge >= 0.3 is 0 Å². The van der Waals surface area contributed by atoms with Crippen LogP contribution in [0.2, 0.25) is 0 Å². The van der Waals surface area contributed by atoms with Crippen LogP contribution in [0.4, 0.5) is 0 Å². The largest absolute Gasteiger partial charge is 0.508 e. The molecule has 0 aromatic heterocycles. The SMILES string of the molecule is C=C(c1cccc(O)c1)C1CCC(c2ccc(-c3ccccc3C3CC3)cc2CC)C1. The van der Waals surface area contributed by atoms with Gasteiger partial charge in [-0.1, -0.05) is 68.1 Å². The molecule has 1 nitrogen and oxygen atoms in total. The molecule has 0 bridgehead atoms. The van der Waals surface area contributed by atoms with Crippen molar-refractivity contribution >= 4 is 5.57 Å². The lowest BCUT2D eigenvalue weighted by atomic mass is 9.86. The molecule has 0 aliphatic heterocycles. The van der Waals surface area contributed by atoms with Gasteiger partial charge in [0.15, 0.2) is 0 Å². The zero-order valence-corrected chi connectivity index (χ0v) is 18.5. The standard InChI is InChI=1S/C30H32O/c1-3-21-17-26(30-10-5-4-9-29(30)22-11-12-22)15-16-28(21)25-14-13-24(18-25)20(2)23-7-6-8-27(31)19-23/h4-10,15-17,19,22,24-25,31H,2-3,11-14,18H2,1H3. The number of hydrogen-bond acceptors (Lipinski definition) is 1. The number of aryl methyl sites for hydroxylation is 1. The highest BCUT2D eigenvalue weighted by molar-refractivity contribution is 5.70. The van der Waals surface area contributed by atoms with Crippen molar-refractivity contribution in [2.75, 3.05) is 0 Å². The van der Waals surface area contributed by atoms with Crippen LogP contribution in [0.1, 0.15) is 73.1 Å². The topological polar surface area (TPSA) is 20.2 Å². The third-order valence-corrected chi connectivity index (χ3v) is 7.40. The smallest absolute Gasteiger partial charge is 0.116 e. The predicted octanol–water partition coefficient (Wildman–Crippen LogP) is 8.10. The Bertz CT molecular complexity index is 1100. The summed E-state index contributed by atoms with van der Waals surface area (Å²) in [6.07, 6.45) is 7.29. The Hall–Kier alpha value is -2.80. The summed E-state index contributed by atoms with van der Waals surface area (Å²) in [6, 6.07) is 23.7. The van der Waals surface area contributed by atoms with Crippen molar-refractivity contribution in [1.29, 1.82) is 0 Å². The second kappa shape index (κ2) is 8.38. The van der Waals surface area contributed by atoms with E-state index in [1.165, 1.54) is 59.1 Å². The third kappa shape index (κ3) is 4.06. The van der Waals surface area contributed by atoms with Crippen molar-refractivity contribution < 1.29 is 5.11 Å². The Kier molecular flexibility index (Phi) is 5.44. The molecule has 1 N–H and O–H groups in total. The maximum atomic E-state index is 9.84. The summed E-state index contributed by atoms with van der Waals surface area (Å²) >= 11 is 0. The van der Waals surface area contributed by atoms with Crippen LogP contribution in [-0.4, -0.2) is 5.11 Å². The van der Waals surface area contributed by atoms with Gasteiger partial charge in [0, 0.05) is 0 Å². The molecule has 2 unspecified atom stereocenters. The first-order valence-corrected chi connectivity index (χ1v) is 11.8. The number of phenols is 1. The van der Waals surface area contributed by atoms with Crippen molar-refractivity contribution in [3.05, 3.63) is 95.6 Å². The number of aromatic hydroxyl groups is 1. The Labute approximate surface area is 186 Å². The molecule has 31 heavy (non-hydrogen) atoms. The summed E-state index contributed by atoms with van der Waals surface area (Å²) in [5.41, 5.74) is 9.60. The van der Waals surface area contributed by atoms with E-state index >= 15 is 0 Å². The molecular formula is C30H32O. The van der Waals surface area contributed by atoms with Crippen LogP contribution in [0, 0.1) is 5.92 Å². The predicted molar refractivity (Wildman–Crippen MR) is 130 cm³/mol. The highest BCUT2D eigenvalue weighted by Gasteiger charge is 2.30. The fraction of sp³-hybridized carbons (Fsp3) is 0.333. The van der Waals surface area contributed by atoms with E-state index in [4.69, 9.17) is 0 Å². The molecule has 2 fully saturated rings. The van der Waals surface area contributed by atoms with Crippen LogP contribution >= 0.6 is 0 Å². The van der Waals surface area contributed by atoms with Crippen molar-refractivity contribution in [2.24, 2.45) is 5.92 Å². The number of allylic oxidation sites excluding steroid dienone is 1. The Balaban J connectivity index is 1.38. The lowest BCUT2D eigenvalue weighted by Gasteiger charge is -2.19. The van der Waals surface area contributed by atoms with E-state index < -0.39 is 0 Å². The Morgan fingerprint density at radius 3 is 2.45 bits per heavy atom. The van der Waals surface area contributed by atoms with Gasteiger partial charge in [-0.3, -0.25) is 0 Å². The minimum absolute atomic E-state index is 0.323. The van der Waals surface area contributed by atoms with Crippen molar-refractivity contribution in [3.8, 4) is 16.9 Å². The molecule has 0 saturated heterocycles. The lowest BCUT2D eigenvalue weighted by Crippen LogP contribution is -2.02. The first-order valence-electron chi connectivity index (χ1n) is 11.8. The number of benzene rings is 3. The normalized spacial score (nSPS) is 20.7. The molecule has 1 heteroatoms. The summed E-state index contributed by atoms with van der Waals surface area (Å²) in [7, 11) is 0. The molecule has 5 rings (SSSR count). The first-order chi connectivity index (χ1) is 15.1. The number of phenolic OH excluding ortho intramolecular Hbond substituents is 1. The van der Waals surface area contributed by atoms with Gasteiger partial charge in [0.05, 0.1) is 0 Å². The van der Waals surface area contributed by atoms with Crippen LogP contribution in [-0.2, 0) is 6.42 Å². The van der Waals surface area contributed by atoms with Crippen molar-refractivity contribution in [2.45, 2.75) is 57.3 Å². The molecule has 3 aromatic rings. The first kappa shape index (κ1) is 20.1. The minimum Gasteiger partial charge on any atom is -0.508 e. The summed E-state index contributed by atoms with van der Waals surface area (Å²) in [4.78, 5) is 0. The molecule has 158 valence electrons. The fourth-order valence-corrected chi connectivity index (χ4v) is 5.51. The second-order valence-electron chi connectivity index (χ2n) is 9.41. The van der Waals surface area contributed by atoms with E-state index in [2.05, 4.69) is 62.0 Å². The lowest BCUT2D eigenvalue weighted by molar-refractivity contribution is 0.475. The molecule has 2 aliphatic rings. The van der Waals surface area contributed by atoms with Gasteiger partial charge in [-0.2, -0.15) is 0 Å². The molecule has 0 radical (unpaired) electrons. The zero-order valence-electron chi connectivity index (χ0n) is 18.5. The number of rotatable bonds is 6. The maximum absolute atomic E-state index is 9.84. The molecular weight excluding hydrogens is 376 g/mol. The molecule has 0 amide bonds. The molecule has 0 spiro atoms. The van der Waals surface area contributed by atoms with E-state index in [0.717, 1.165) is 24.3 Å². The highest BCUT2D eigenvalue weighted by atomic mass is 16.3. The van der Waals surface area contributed by atoms with Gasteiger partial charge in [-0.15, -0.1) is 0 Å². The van der Waals surface area contributed by atoms with Crippen molar-refractivity contribution in [1.82, 2.24) is 0 Å². The second-order valence-corrected chi connectivity index (χ2v) is 9.41. The van der Waals surface area contributed by atoms with Gasteiger partial charge < -0.3 is 5.11 Å². The van der Waals surface area contributed by atoms with Crippen molar-refractivity contribution in [3.63, 3.8) is 0 Å². The Morgan fingerprint density at radius 1 is 0.871 bits per heavy atom. The molecule has 2 aliphatic carbocycles. The van der Waals surface area contributed by atoms with E-state index in [9.17, 15) is 5.11 Å². The third-order valence-electron chi connectivity index (χ3n) is 7.40. The summed E-state index contributed by atoms with van der Waals surface area (Å²) in [5.74, 6) is 2.18. The van der Waals surface area contributed by atoms with Crippen LogP contribution < -0.4 is 0 Å². The summed E-state index contributed by atoms with van der Waals surface area (Å²) < 4.78 is 0. The maximum Gasteiger partial charge on any atom is 0.116 e. The molecule has 3 aromatic carbocycles. The number of hydrogen-bond donors (Lipinski definition) is 1. The average molecular weight is 409 g/mol. The van der Waals surface area contributed by atoms with E-state index in [0.29, 0.717) is 17.6 Å². The van der Waals surface area contributed by atoms with E-state index in [1.54, 1.807) is 6.07 Å². The quantitative estimate of drug-likeness (QED) is 0.437. The monoisotopic (exact) mass is 408 g/mol. The minimum atomic E-state index is 0.323. The molecule has 0 heterocycles. The van der Waals surface area contributed by atoms with Gasteiger partial charge in [0.2, 0.25) is 0 Å². The van der Waals surface area contributed by atoms with Crippen LogP contribution in [0.5, 0.6) is 5.75 Å².